The molecule has 4 saturated carbocycles. The van der Waals surface area contributed by atoms with Crippen molar-refractivity contribution in [3.8, 4) is 0 Å². The molecule has 0 radical (unpaired) electrons. The Morgan fingerprint density at radius 2 is 1.92 bits per heavy atom. The van der Waals surface area contributed by atoms with Gasteiger partial charge in [-0.15, -0.1) is 11.8 Å². The molecule has 0 aromatic heterocycles. The molecule has 5 rings (SSSR count). The number of thioether (sulfide) groups is 1. The fourth-order valence-corrected chi connectivity index (χ4v) is 11.0. The lowest BCUT2D eigenvalue weighted by molar-refractivity contribution is -0.151. The van der Waals surface area contributed by atoms with Crippen LogP contribution in [0.25, 0.3) is 0 Å². The van der Waals surface area contributed by atoms with Crippen molar-refractivity contribution in [2.75, 3.05) is 18.9 Å². The predicted octanol–water partition coefficient (Wildman–Crippen LogP) is 7.91. The minimum Gasteiger partial charge on any atom is -0.480 e. The van der Waals surface area contributed by atoms with Gasteiger partial charge in [-0.3, -0.25) is 0 Å². The van der Waals surface area contributed by atoms with E-state index in [0.717, 1.165) is 80.2 Å². The zero-order valence-electron chi connectivity index (χ0n) is 23.4. The van der Waals surface area contributed by atoms with Crippen LogP contribution in [-0.4, -0.2) is 30.1 Å². The zero-order valence-corrected chi connectivity index (χ0v) is 24.2. The number of hydrogen-bond donors (Lipinski definition) is 2. The Kier molecular flexibility index (Phi) is 8.43. The molecular formula is C32H53NO2S. The normalized spacial score (nSPS) is 43.8. The number of rotatable bonds is 10. The Hall–Kier alpha value is -0.610. The summed E-state index contributed by atoms with van der Waals surface area (Å²) in [5, 5.41) is 13.9. The van der Waals surface area contributed by atoms with E-state index in [1.54, 1.807) is 0 Å². The lowest BCUT2D eigenvalue weighted by Gasteiger charge is -2.63. The van der Waals surface area contributed by atoms with E-state index >= 15 is 0 Å². The largest absolute Gasteiger partial charge is 0.480 e. The van der Waals surface area contributed by atoms with E-state index in [4.69, 9.17) is 4.74 Å². The maximum atomic E-state index is 10.5. The molecule has 0 bridgehead atoms. The van der Waals surface area contributed by atoms with Crippen LogP contribution in [-0.2, 0) is 4.74 Å². The molecule has 0 aromatic carbocycles. The first-order valence-electron chi connectivity index (χ1n) is 15.4. The summed E-state index contributed by atoms with van der Waals surface area (Å²) in [6, 6.07) is 0. The van der Waals surface area contributed by atoms with E-state index < -0.39 is 0 Å². The Morgan fingerprint density at radius 1 is 1.11 bits per heavy atom. The van der Waals surface area contributed by atoms with Crippen LogP contribution >= 0.6 is 11.8 Å². The summed E-state index contributed by atoms with van der Waals surface area (Å²) in [6.07, 6.45) is 18.9. The molecule has 1 aliphatic heterocycles. The van der Waals surface area contributed by atoms with Gasteiger partial charge in [0.1, 0.15) is 0 Å². The van der Waals surface area contributed by atoms with E-state index in [2.05, 4.69) is 38.7 Å². The molecule has 0 spiro atoms. The molecule has 2 N–H and O–H groups in total. The first-order valence-corrected chi connectivity index (χ1v) is 16.4. The second-order valence-corrected chi connectivity index (χ2v) is 14.8. The molecule has 4 aliphatic carbocycles. The number of aliphatic hydroxyl groups excluding tert-OH is 1. The van der Waals surface area contributed by atoms with Crippen LogP contribution in [0.2, 0.25) is 0 Å². The third-order valence-corrected chi connectivity index (χ3v) is 13.2. The van der Waals surface area contributed by atoms with Crippen LogP contribution < -0.4 is 5.32 Å². The highest BCUT2D eigenvalue weighted by Crippen LogP contribution is 2.69. The summed E-state index contributed by atoms with van der Waals surface area (Å²) in [6.45, 7) is 13.5. The van der Waals surface area contributed by atoms with Gasteiger partial charge >= 0.3 is 0 Å². The van der Waals surface area contributed by atoms with Gasteiger partial charge in [0.2, 0.25) is 0 Å². The molecule has 4 heteroatoms. The van der Waals surface area contributed by atoms with Gasteiger partial charge in [-0.2, -0.15) is 0 Å². The fraction of sp³-hybridized carbons (Fsp3) is 0.875. The molecule has 36 heavy (non-hydrogen) atoms. The predicted molar refractivity (Wildman–Crippen MR) is 152 cm³/mol. The van der Waals surface area contributed by atoms with Crippen molar-refractivity contribution >= 4 is 11.8 Å². The van der Waals surface area contributed by atoms with Gasteiger partial charge in [-0.05, 0) is 135 Å². The van der Waals surface area contributed by atoms with Crippen molar-refractivity contribution < 1.29 is 9.84 Å². The molecule has 204 valence electrons. The molecule has 0 saturated heterocycles. The SMILES string of the molecule is C=C(NCCC1=CCCS1)OCCC[C@H]1CCC2C3C[C@H](CC)C4C[C@H](O)CCC4(C)[C@H]3CCC21C. The number of ether oxygens (including phenoxy) is 1. The molecule has 0 amide bonds. The van der Waals surface area contributed by atoms with Gasteiger partial charge in [-0.25, -0.2) is 0 Å². The lowest BCUT2D eigenvalue weighted by Crippen LogP contribution is -2.56. The first kappa shape index (κ1) is 27.0. The van der Waals surface area contributed by atoms with Crippen LogP contribution in [0, 0.1) is 46.3 Å². The number of nitrogens with one attached hydrogen (secondary N) is 1. The minimum absolute atomic E-state index is 0.0458. The second-order valence-electron chi connectivity index (χ2n) is 13.5. The van der Waals surface area contributed by atoms with Gasteiger partial charge in [0, 0.05) is 12.3 Å². The number of allylic oxidation sites excluding steroid dienone is 1. The van der Waals surface area contributed by atoms with Crippen LogP contribution in [0.15, 0.2) is 23.4 Å². The van der Waals surface area contributed by atoms with E-state index in [9.17, 15) is 5.11 Å². The number of aliphatic hydroxyl groups is 1. The quantitative estimate of drug-likeness (QED) is 0.229. The van der Waals surface area contributed by atoms with Gasteiger partial charge in [0.05, 0.1) is 12.7 Å². The van der Waals surface area contributed by atoms with Gasteiger partial charge in [0.15, 0.2) is 5.88 Å². The van der Waals surface area contributed by atoms with Crippen LogP contribution in [0.5, 0.6) is 0 Å². The Morgan fingerprint density at radius 3 is 2.69 bits per heavy atom. The van der Waals surface area contributed by atoms with Crippen molar-refractivity contribution in [2.24, 2.45) is 46.3 Å². The summed E-state index contributed by atoms with van der Waals surface area (Å²) in [4.78, 5) is 1.52. The maximum absolute atomic E-state index is 10.5. The summed E-state index contributed by atoms with van der Waals surface area (Å²) < 4.78 is 5.98. The molecule has 5 unspecified atom stereocenters. The average molecular weight is 516 g/mol. The molecular weight excluding hydrogens is 462 g/mol. The Labute approximate surface area is 225 Å². The van der Waals surface area contributed by atoms with E-state index in [1.165, 1.54) is 68.4 Å². The summed E-state index contributed by atoms with van der Waals surface area (Å²) in [5.74, 6) is 7.17. The van der Waals surface area contributed by atoms with Crippen molar-refractivity contribution in [1.82, 2.24) is 5.32 Å². The maximum Gasteiger partial charge on any atom is 0.179 e. The number of hydrogen-bond acceptors (Lipinski definition) is 4. The van der Waals surface area contributed by atoms with Crippen LogP contribution in [0.1, 0.15) is 104 Å². The molecule has 3 nitrogen and oxygen atoms in total. The van der Waals surface area contributed by atoms with E-state index in [0.29, 0.717) is 10.8 Å². The highest BCUT2D eigenvalue weighted by atomic mass is 32.2. The van der Waals surface area contributed by atoms with E-state index in [-0.39, 0.29) is 6.10 Å². The van der Waals surface area contributed by atoms with E-state index in [1.807, 2.05) is 11.8 Å². The summed E-state index contributed by atoms with van der Waals surface area (Å²) in [5.41, 5.74) is 0.995. The lowest BCUT2D eigenvalue weighted by atomic mass is 9.42. The van der Waals surface area contributed by atoms with Gasteiger partial charge in [-0.1, -0.05) is 33.3 Å². The molecule has 1 heterocycles. The van der Waals surface area contributed by atoms with Gasteiger partial charge < -0.3 is 15.2 Å². The molecule has 4 fully saturated rings. The summed E-state index contributed by atoms with van der Waals surface area (Å²) >= 11 is 1.99. The monoisotopic (exact) mass is 515 g/mol. The zero-order chi connectivity index (χ0) is 25.3. The highest BCUT2D eigenvalue weighted by Gasteiger charge is 2.61. The topological polar surface area (TPSA) is 41.5 Å². The number of fused-ring (bicyclic) bond motifs is 5. The van der Waals surface area contributed by atoms with Crippen molar-refractivity contribution in [1.29, 1.82) is 0 Å². The van der Waals surface area contributed by atoms with Gasteiger partial charge in [0.25, 0.3) is 0 Å². The smallest absolute Gasteiger partial charge is 0.179 e. The second kappa shape index (κ2) is 11.2. The van der Waals surface area contributed by atoms with Crippen molar-refractivity contribution in [3.05, 3.63) is 23.4 Å². The fourth-order valence-electron chi connectivity index (χ4n) is 10.1. The Bertz CT molecular complexity index is 812. The first-order chi connectivity index (χ1) is 17.3. The molecule has 0 aromatic rings. The van der Waals surface area contributed by atoms with Crippen LogP contribution in [0.4, 0.5) is 0 Å². The molecule has 9 atom stereocenters. The standard InChI is InChI=1S/C32H53NO2S/c1-5-23-20-27-28-11-10-24(8-6-18-35-22(2)33-17-14-26-9-7-19-36-26)31(28,3)16-13-29(27)32(4)15-12-25(34)21-30(23)32/h9,23-25,27-30,33-34H,2,5-8,10-21H2,1,3-4H3/t23-,24-,25+,27?,28?,29-,30?,31?,32?/m0/s1. The Balaban J connectivity index is 1.12. The average Bonchev–Trinajstić information content (AvgIpc) is 3.49. The highest BCUT2D eigenvalue weighted by molar-refractivity contribution is 8.03. The third-order valence-electron chi connectivity index (χ3n) is 12.0. The van der Waals surface area contributed by atoms with Crippen LogP contribution in [0.3, 0.4) is 0 Å². The molecule has 5 aliphatic rings. The van der Waals surface area contributed by atoms with Crippen molar-refractivity contribution in [3.63, 3.8) is 0 Å². The third kappa shape index (κ3) is 5.16. The van der Waals surface area contributed by atoms with Crippen molar-refractivity contribution in [2.45, 2.75) is 110 Å². The minimum atomic E-state index is -0.0458. The summed E-state index contributed by atoms with van der Waals surface area (Å²) in [7, 11) is 0.